The first-order valence-corrected chi connectivity index (χ1v) is 9.93. The lowest BCUT2D eigenvalue weighted by Gasteiger charge is -2.36. The van der Waals surface area contributed by atoms with Gasteiger partial charge in [-0.3, -0.25) is 9.47 Å². The summed E-state index contributed by atoms with van der Waals surface area (Å²) in [6.45, 7) is 7.74. The highest BCUT2D eigenvalue weighted by molar-refractivity contribution is 5.76. The third-order valence-electron chi connectivity index (χ3n) is 5.94. The Morgan fingerprint density at radius 3 is 2.67 bits per heavy atom. The molecule has 0 saturated carbocycles. The number of benzene rings is 1. The van der Waals surface area contributed by atoms with Gasteiger partial charge >= 0.3 is 11.8 Å². The van der Waals surface area contributed by atoms with Crippen molar-refractivity contribution >= 4 is 17.1 Å². The molecule has 1 unspecified atom stereocenters. The Bertz CT molecular complexity index is 879. The van der Waals surface area contributed by atoms with E-state index in [1.165, 1.54) is 0 Å². The standard InChI is InChI=1S/C20H28N4O3/c1-3-27-20(26)23-11-8-16(13-23)22-9-6-15(7-10-22)24-18-12-14(2)4-5-17(18)21-19(24)25/h4-5,12,15-16H,3,6-11,13H2,1-2H3,(H,21,25). The number of imidazole rings is 1. The van der Waals surface area contributed by atoms with Gasteiger partial charge in [-0.2, -0.15) is 0 Å². The van der Waals surface area contributed by atoms with Gasteiger partial charge in [0.2, 0.25) is 0 Å². The molecule has 2 aliphatic heterocycles. The molecule has 1 atom stereocenters. The summed E-state index contributed by atoms with van der Waals surface area (Å²) in [5.74, 6) is 0. The average molecular weight is 372 g/mol. The van der Waals surface area contributed by atoms with Crippen molar-refractivity contribution in [3.05, 3.63) is 34.2 Å². The summed E-state index contributed by atoms with van der Waals surface area (Å²) >= 11 is 0. The Labute approximate surface area is 158 Å². The van der Waals surface area contributed by atoms with Crippen LogP contribution >= 0.6 is 0 Å². The van der Waals surface area contributed by atoms with Crippen LogP contribution in [0.15, 0.2) is 23.0 Å². The number of H-pyrrole nitrogens is 1. The molecule has 2 aliphatic rings. The predicted molar refractivity (Wildman–Crippen MR) is 104 cm³/mol. The smallest absolute Gasteiger partial charge is 0.409 e. The van der Waals surface area contributed by atoms with E-state index in [2.05, 4.69) is 22.9 Å². The highest BCUT2D eigenvalue weighted by Crippen LogP contribution is 2.28. The lowest BCUT2D eigenvalue weighted by molar-refractivity contribution is 0.105. The summed E-state index contributed by atoms with van der Waals surface area (Å²) in [4.78, 5) is 31.7. The van der Waals surface area contributed by atoms with Gasteiger partial charge < -0.3 is 14.6 Å². The van der Waals surface area contributed by atoms with E-state index in [1.807, 2.05) is 28.5 Å². The van der Waals surface area contributed by atoms with Crippen LogP contribution in [0, 0.1) is 6.92 Å². The van der Waals surface area contributed by atoms with Crippen molar-refractivity contribution in [2.45, 2.75) is 45.2 Å². The molecule has 146 valence electrons. The zero-order valence-electron chi connectivity index (χ0n) is 16.1. The molecule has 7 heteroatoms. The van der Waals surface area contributed by atoms with Gasteiger partial charge in [0, 0.05) is 38.3 Å². The zero-order chi connectivity index (χ0) is 19.0. The summed E-state index contributed by atoms with van der Waals surface area (Å²) in [7, 11) is 0. The van der Waals surface area contributed by atoms with Crippen molar-refractivity contribution in [1.82, 2.24) is 19.4 Å². The number of aromatic nitrogens is 2. The molecule has 27 heavy (non-hydrogen) atoms. The van der Waals surface area contributed by atoms with E-state index in [0.29, 0.717) is 12.6 Å². The van der Waals surface area contributed by atoms with Crippen LogP contribution in [-0.4, -0.2) is 64.3 Å². The number of aromatic amines is 1. The molecule has 2 saturated heterocycles. The lowest BCUT2D eigenvalue weighted by atomic mass is 10.0. The summed E-state index contributed by atoms with van der Waals surface area (Å²) in [6, 6.07) is 6.73. The minimum Gasteiger partial charge on any atom is -0.450 e. The van der Waals surface area contributed by atoms with Crippen LogP contribution in [-0.2, 0) is 4.74 Å². The normalized spacial score (nSPS) is 21.9. The fourth-order valence-corrected chi connectivity index (χ4v) is 4.52. The Balaban J connectivity index is 1.42. The van der Waals surface area contributed by atoms with Crippen molar-refractivity contribution in [3.63, 3.8) is 0 Å². The van der Waals surface area contributed by atoms with Crippen LogP contribution < -0.4 is 5.69 Å². The maximum absolute atomic E-state index is 12.5. The van der Waals surface area contributed by atoms with Crippen LogP contribution in [0.25, 0.3) is 11.0 Å². The number of ether oxygens (including phenoxy) is 1. The summed E-state index contributed by atoms with van der Waals surface area (Å²) in [5, 5.41) is 0. The zero-order valence-corrected chi connectivity index (χ0v) is 16.1. The van der Waals surface area contributed by atoms with Crippen LogP contribution in [0.1, 0.15) is 37.8 Å². The number of carbonyl (C=O) groups excluding carboxylic acids is 1. The number of carbonyl (C=O) groups is 1. The topological polar surface area (TPSA) is 70.6 Å². The number of nitrogens with one attached hydrogen (secondary N) is 1. The molecule has 4 rings (SSSR count). The highest BCUT2D eigenvalue weighted by Gasteiger charge is 2.33. The first-order chi connectivity index (χ1) is 13.1. The van der Waals surface area contributed by atoms with E-state index < -0.39 is 0 Å². The molecule has 3 heterocycles. The van der Waals surface area contributed by atoms with Gasteiger partial charge in [-0.05, 0) is 50.8 Å². The van der Waals surface area contributed by atoms with E-state index in [0.717, 1.165) is 62.0 Å². The molecule has 0 aliphatic carbocycles. The highest BCUT2D eigenvalue weighted by atomic mass is 16.6. The number of hydrogen-bond acceptors (Lipinski definition) is 4. The summed E-state index contributed by atoms with van der Waals surface area (Å²) in [5.41, 5.74) is 3.07. The van der Waals surface area contributed by atoms with E-state index in [4.69, 9.17) is 4.74 Å². The van der Waals surface area contributed by atoms with Gasteiger partial charge in [0.1, 0.15) is 0 Å². The second-order valence-electron chi connectivity index (χ2n) is 7.68. The number of nitrogens with zero attached hydrogens (tertiary/aromatic N) is 3. The average Bonchev–Trinajstić information content (AvgIpc) is 3.26. The Hall–Kier alpha value is -2.28. The Morgan fingerprint density at radius 1 is 1.19 bits per heavy atom. The van der Waals surface area contributed by atoms with E-state index in [9.17, 15) is 9.59 Å². The molecular weight excluding hydrogens is 344 g/mol. The fourth-order valence-electron chi connectivity index (χ4n) is 4.52. The number of likely N-dealkylation sites (tertiary alicyclic amines) is 2. The minimum atomic E-state index is -0.199. The lowest BCUT2D eigenvalue weighted by Crippen LogP contribution is -2.44. The van der Waals surface area contributed by atoms with E-state index >= 15 is 0 Å². The summed E-state index contributed by atoms with van der Waals surface area (Å²) in [6.07, 6.45) is 2.71. The third-order valence-corrected chi connectivity index (χ3v) is 5.94. The van der Waals surface area contributed by atoms with Gasteiger partial charge in [0.05, 0.1) is 17.6 Å². The van der Waals surface area contributed by atoms with Crippen molar-refractivity contribution in [2.75, 3.05) is 32.8 Å². The van der Waals surface area contributed by atoms with Crippen molar-refractivity contribution in [1.29, 1.82) is 0 Å². The number of fused-ring (bicyclic) bond motifs is 1. The second-order valence-corrected chi connectivity index (χ2v) is 7.68. The molecule has 0 bridgehead atoms. The fraction of sp³-hybridized carbons (Fsp3) is 0.600. The van der Waals surface area contributed by atoms with Crippen molar-refractivity contribution < 1.29 is 9.53 Å². The Kier molecular flexibility index (Phi) is 4.95. The van der Waals surface area contributed by atoms with Crippen LogP contribution in [0.3, 0.4) is 0 Å². The molecule has 1 aromatic heterocycles. The predicted octanol–water partition coefficient (Wildman–Crippen LogP) is 2.51. The maximum atomic E-state index is 12.5. The van der Waals surface area contributed by atoms with Crippen molar-refractivity contribution in [3.8, 4) is 0 Å². The minimum absolute atomic E-state index is 0.0107. The number of hydrogen-bond donors (Lipinski definition) is 1. The van der Waals surface area contributed by atoms with Crippen LogP contribution in [0.5, 0.6) is 0 Å². The molecule has 7 nitrogen and oxygen atoms in total. The first kappa shape index (κ1) is 18.1. The van der Waals surface area contributed by atoms with E-state index in [-0.39, 0.29) is 17.8 Å². The third kappa shape index (κ3) is 3.48. The summed E-state index contributed by atoms with van der Waals surface area (Å²) < 4.78 is 7.06. The molecule has 0 radical (unpaired) electrons. The number of piperidine rings is 1. The monoisotopic (exact) mass is 372 g/mol. The van der Waals surface area contributed by atoms with Gasteiger partial charge in [-0.1, -0.05) is 6.07 Å². The SMILES string of the molecule is CCOC(=O)N1CCC(N2CCC(n3c(=O)[nH]c4ccc(C)cc43)CC2)C1. The van der Waals surface area contributed by atoms with Crippen LogP contribution in [0.2, 0.25) is 0 Å². The molecule has 0 spiro atoms. The molecule has 1 N–H and O–H groups in total. The number of rotatable bonds is 3. The van der Waals surface area contributed by atoms with Crippen molar-refractivity contribution in [2.24, 2.45) is 0 Å². The van der Waals surface area contributed by atoms with Gasteiger partial charge in [-0.15, -0.1) is 0 Å². The maximum Gasteiger partial charge on any atom is 0.409 e. The molecule has 1 aromatic carbocycles. The van der Waals surface area contributed by atoms with Gasteiger partial charge in [0.25, 0.3) is 0 Å². The second kappa shape index (κ2) is 7.38. The Morgan fingerprint density at radius 2 is 1.93 bits per heavy atom. The first-order valence-electron chi connectivity index (χ1n) is 9.93. The molecular formula is C20H28N4O3. The molecule has 2 fully saturated rings. The number of amides is 1. The van der Waals surface area contributed by atoms with Crippen LogP contribution in [0.4, 0.5) is 4.79 Å². The van der Waals surface area contributed by atoms with Gasteiger partial charge in [-0.25, -0.2) is 9.59 Å². The number of aryl methyl sites for hydroxylation is 1. The van der Waals surface area contributed by atoms with Gasteiger partial charge in [0.15, 0.2) is 0 Å². The molecule has 1 amide bonds. The quantitative estimate of drug-likeness (QED) is 0.899. The molecule has 2 aromatic rings. The van der Waals surface area contributed by atoms with E-state index in [1.54, 1.807) is 0 Å². The largest absolute Gasteiger partial charge is 0.450 e.